The first-order valence-electron chi connectivity index (χ1n) is 8.83. The lowest BCUT2D eigenvalue weighted by atomic mass is 9.97. The van der Waals surface area contributed by atoms with Crippen molar-refractivity contribution < 1.29 is 0 Å². The Bertz CT molecular complexity index is 457. The Balaban J connectivity index is 1.80. The summed E-state index contributed by atoms with van der Waals surface area (Å²) in [6, 6.07) is 1.22. The molecule has 1 aliphatic heterocycles. The lowest BCUT2D eigenvalue weighted by Crippen LogP contribution is -2.39. The molecule has 0 radical (unpaired) electrons. The van der Waals surface area contributed by atoms with Gasteiger partial charge in [0.25, 0.3) is 0 Å². The topological polar surface area (TPSA) is 28.2 Å². The molecule has 2 aliphatic rings. The van der Waals surface area contributed by atoms with Crippen molar-refractivity contribution in [1.29, 1.82) is 0 Å². The number of aryl methyl sites for hydroxylation is 1. The van der Waals surface area contributed by atoms with Crippen molar-refractivity contribution in [3.05, 3.63) is 10.6 Å². The summed E-state index contributed by atoms with van der Waals surface area (Å²) in [5, 5.41) is 5.00. The van der Waals surface area contributed by atoms with E-state index < -0.39 is 0 Å². The van der Waals surface area contributed by atoms with Gasteiger partial charge in [-0.05, 0) is 57.9 Å². The molecule has 0 spiro atoms. The molecular formula is C17H29N3S. The number of aromatic nitrogens is 1. The molecule has 2 heterocycles. The molecule has 1 fully saturated rings. The second kappa shape index (κ2) is 7.10. The Morgan fingerprint density at radius 2 is 2.14 bits per heavy atom. The number of piperidine rings is 1. The van der Waals surface area contributed by atoms with Crippen molar-refractivity contribution in [2.45, 2.75) is 77.3 Å². The summed E-state index contributed by atoms with van der Waals surface area (Å²) in [6.45, 7) is 6.88. The second-order valence-corrected chi connectivity index (χ2v) is 7.52. The number of rotatable bonds is 5. The van der Waals surface area contributed by atoms with Gasteiger partial charge in [0.15, 0.2) is 5.13 Å². The van der Waals surface area contributed by atoms with Crippen molar-refractivity contribution in [3.8, 4) is 0 Å². The zero-order valence-electron chi connectivity index (χ0n) is 13.5. The smallest absolute Gasteiger partial charge is 0.186 e. The number of hydrogen-bond acceptors (Lipinski definition) is 4. The molecule has 1 aromatic heterocycles. The maximum absolute atomic E-state index is 5.09. The summed E-state index contributed by atoms with van der Waals surface area (Å²) in [5.74, 6) is 0. The summed E-state index contributed by atoms with van der Waals surface area (Å²) in [5.41, 5.74) is 1.37. The lowest BCUT2D eigenvalue weighted by molar-refractivity contribution is 0.442. The molecule has 3 rings (SSSR count). The molecule has 2 atom stereocenters. The molecule has 118 valence electrons. The molecule has 1 aliphatic carbocycles. The SMILES string of the molecule is CCCNC1CCCc2sc(N3CCCCC3CC)nc21. The van der Waals surface area contributed by atoms with E-state index in [2.05, 4.69) is 24.1 Å². The fraction of sp³-hybridized carbons (Fsp3) is 0.824. The average molecular weight is 308 g/mol. The van der Waals surface area contributed by atoms with Crippen LogP contribution in [0.1, 0.15) is 75.4 Å². The van der Waals surface area contributed by atoms with E-state index in [0.29, 0.717) is 12.1 Å². The van der Waals surface area contributed by atoms with Gasteiger partial charge in [0.1, 0.15) is 0 Å². The highest BCUT2D eigenvalue weighted by Gasteiger charge is 2.28. The maximum Gasteiger partial charge on any atom is 0.186 e. The van der Waals surface area contributed by atoms with Crippen LogP contribution >= 0.6 is 11.3 Å². The van der Waals surface area contributed by atoms with Gasteiger partial charge < -0.3 is 10.2 Å². The molecule has 0 bridgehead atoms. The Labute approximate surface area is 133 Å². The Kier molecular flexibility index (Phi) is 5.17. The highest BCUT2D eigenvalue weighted by Crippen LogP contribution is 2.38. The first-order valence-corrected chi connectivity index (χ1v) is 9.64. The fourth-order valence-electron chi connectivity index (χ4n) is 3.72. The average Bonchev–Trinajstić information content (AvgIpc) is 2.97. The van der Waals surface area contributed by atoms with Gasteiger partial charge in [0.05, 0.1) is 11.7 Å². The third-order valence-corrected chi connectivity index (χ3v) is 6.10. The first-order chi connectivity index (χ1) is 10.3. The standard InChI is InChI=1S/C17H29N3S/c1-3-11-18-14-9-7-10-15-16(14)19-17(21-15)20-12-6-5-8-13(20)4-2/h13-14,18H,3-12H2,1-2H3. The highest BCUT2D eigenvalue weighted by molar-refractivity contribution is 7.15. The summed E-state index contributed by atoms with van der Waals surface area (Å²) in [7, 11) is 0. The summed E-state index contributed by atoms with van der Waals surface area (Å²) >= 11 is 1.97. The van der Waals surface area contributed by atoms with Gasteiger partial charge in [0, 0.05) is 17.5 Å². The van der Waals surface area contributed by atoms with E-state index in [4.69, 9.17) is 4.98 Å². The molecule has 1 N–H and O–H groups in total. The van der Waals surface area contributed by atoms with Gasteiger partial charge in [-0.2, -0.15) is 0 Å². The minimum atomic E-state index is 0.503. The highest BCUT2D eigenvalue weighted by atomic mass is 32.1. The van der Waals surface area contributed by atoms with Crippen molar-refractivity contribution in [2.24, 2.45) is 0 Å². The van der Waals surface area contributed by atoms with Crippen LogP contribution in [0.2, 0.25) is 0 Å². The van der Waals surface area contributed by atoms with Gasteiger partial charge in [-0.1, -0.05) is 13.8 Å². The van der Waals surface area contributed by atoms with E-state index in [9.17, 15) is 0 Å². The third-order valence-electron chi connectivity index (χ3n) is 4.93. The summed E-state index contributed by atoms with van der Waals surface area (Å²) in [6.07, 6.45) is 10.3. The number of fused-ring (bicyclic) bond motifs is 1. The molecule has 0 amide bonds. The van der Waals surface area contributed by atoms with Crippen LogP contribution in [0.3, 0.4) is 0 Å². The number of thiazole rings is 1. The number of anilines is 1. The molecule has 1 aromatic rings. The van der Waals surface area contributed by atoms with Gasteiger partial charge in [-0.25, -0.2) is 4.98 Å². The van der Waals surface area contributed by atoms with Crippen molar-refractivity contribution in [3.63, 3.8) is 0 Å². The molecule has 3 nitrogen and oxygen atoms in total. The van der Waals surface area contributed by atoms with Crippen LogP contribution in [-0.4, -0.2) is 24.1 Å². The van der Waals surface area contributed by atoms with Gasteiger partial charge >= 0.3 is 0 Å². The van der Waals surface area contributed by atoms with Gasteiger partial charge in [0.2, 0.25) is 0 Å². The molecular weight excluding hydrogens is 278 g/mol. The minimum Gasteiger partial charge on any atom is -0.345 e. The van der Waals surface area contributed by atoms with Crippen LogP contribution in [0, 0.1) is 0 Å². The third kappa shape index (κ3) is 3.26. The lowest BCUT2D eigenvalue weighted by Gasteiger charge is -2.35. The maximum atomic E-state index is 5.09. The number of nitrogens with one attached hydrogen (secondary N) is 1. The van der Waals surface area contributed by atoms with Crippen molar-refractivity contribution in [1.82, 2.24) is 10.3 Å². The molecule has 4 heteroatoms. The quantitative estimate of drug-likeness (QED) is 0.879. The molecule has 0 aromatic carbocycles. The van der Waals surface area contributed by atoms with Crippen LogP contribution in [0.15, 0.2) is 0 Å². The van der Waals surface area contributed by atoms with Crippen molar-refractivity contribution >= 4 is 16.5 Å². The second-order valence-electron chi connectivity index (χ2n) is 6.46. The minimum absolute atomic E-state index is 0.503. The normalized spacial score (nSPS) is 25.9. The van der Waals surface area contributed by atoms with Crippen LogP contribution < -0.4 is 10.2 Å². The van der Waals surface area contributed by atoms with E-state index in [1.807, 2.05) is 11.3 Å². The monoisotopic (exact) mass is 307 g/mol. The van der Waals surface area contributed by atoms with Crippen LogP contribution in [0.5, 0.6) is 0 Å². The zero-order valence-corrected chi connectivity index (χ0v) is 14.3. The molecule has 1 saturated heterocycles. The Morgan fingerprint density at radius 1 is 1.24 bits per heavy atom. The molecule has 0 saturated carbocycles. The van der Waals surface area contributed by atoms with E-state index in [0.717, 1.165) is 6.54 Å². The van der Waals surface area contributed by atoms with E-state index in [1.54, 1.807) is 4.88 Å². The summed E-state index contributed by atoms with van der Waals surface area (Å²) in [4.78, 5) is 9.24. The van der Waals surface area contributed by atoms with Crippen LogP contribution in [0.4, 0.5) is 5.13 Å². The van der Waals surface area contributed by atoms with Crippen molar-refractivity contribution in [2.75, 3.05) is 18.0 Å². The number of hydrogen-bond donors (Lipinski definition) is 1. The zero-order chi connectivity index (χ0) is 14.7. The fourth-order valence-corrected chi connectivity index (χ4v) is 4.98. The molecule has 21 heavy (non-hydrogen) atoms. The predicted octanol–water partition coefficient (Wildman–Crippen LogP) is 4.29. The van der Waals surface area contributed by atoms with Gasteiger partial charge in [-0.15, -0.1) is 11.3 Å². The Hall–Kier alpha value is -0.610. The number of nitrogens with zero attached hydrogens (tertiary/aromatic N) is 2. The summed E-state index contributed by atoms with van der Waals surface area (Å²) < 4.78 is 0. The van der Waals surface area contributed by atoms with E-state index in [-0.39, 0.29) is 0 Å². The molecule has 2 unspecified atom stereocenters. The van der Waals surface area contributed by atoms with Gasteiger partial charge in [-0.3, -0.25) is 0 Å². The van der Waals surface area contributed by atoms with E-state index in [1.165, 1.54) is 68.7 Å². The Morgan fingerprint density at radius 3 is 2.95 bits per heavy atom. The first kappa shape index (κ1) is 15.3. The van der Waals surface area contributed by atoms with Crippen LogP contribution in [-0.2, 0) is 6.42 Å². The van der Waals surface area contributed by atoms with Crippen LogP contribution in [0.25, 0.3) is 0 Å². The predicted molar refractivity (Wildman–Crippen MR) is 91.4 cm³/mol. The largest absolute Gasteiger partial charge is 0.345 e. The van der Waals surface area contributed by atoms with E-state index >= 15 is 0 Å².